The van der Waals surface area contributed by atoms with Crippen molar-refractivity contribution in [3.63, 3.8) is 0 Å². The number of hydrogen-bond acceptors (Lipinski definition) is 5. The van der Waals surface area contributed by atoms with E-state index in [0.717, 1.165) is 5.82 Å². The Balaban J connectivity index is 1.76. The molecular formula is C16H21N4O3S2+. The van der Waals surface area contributed by atoms with Crippen molar-refractivity contribution in [3.8, 4) is 0 Å². The maximum absolute atomic E-state index is 13.0. The zero-order valence-corrected chi connectivity index (χ0v) is 15.8. The van der Waals surface area contributed by atoms with Crippen LogP contribution in [0.2, 0.25) is 0 Å². The third kappa shape index (κ3) is 3.53. The first-order valence-electron chi connectivity index (χ1n) is 7.98. The summed E-state index contributed by atoms with van der Waals surface area (Å²) in [7, 11) is -2.06. The fraction of sp³-hybridized carbons (Fsp3) is 0.375. The standard InChI is InChI=1S/C16H20N4O3S2/c1-12-14(11-13(24-12)16(21)17-2)25(22,23)20-9-7-19(8-10-20)15-5-3-4-6-18-15/h3-6,11H,7-10H2,1-2H3,(H,17,21)/p+1. The number of carbonyl (C=O) groups is 1. The molecule has 0 saturated carbocycles. The summed E-state index contributed by atoms with van der Waals surface area (Å²) in [6.45, 7) is 3.79. The third-order valence-corrected chi connectivity index (χ3v) is 7.42. The van der Waals surface area contributed by atoms with Gasteiger partial charge in [0.05, 0.1) is 42.1 Å². The van der Waals surface area contributed by atoms with E-state index in [2.05, 4.69) is 15.2 Å². The van der Waals surface area contributed by atoms with Crippen molar-refractivity contribution >= 4 is 33.1 Å². The van der Waals surface area contributed by atoms with Crippen molar-refractivity contribution in [1.82, 2.24) is 9.62 Å². The highest BCUT2D eigenvalue weighted by molar-refractivity contribution is 7.89. The first-order chi connectivity index (χ1) is 11.9. The molecule has 2 aromatic heterocycles. The summed E-state index contributed by atoms with van der Waals surface area (Å²) in [5.74, 6) is 0.715. The van der Waals surface area contributed by atoms with Crippen molar-refractivity contribution in [2.24, 2.45) is 0 Å². The number of pyridine rings is 1. The van der Waals surface area contributed by atoms with Gasteiger partial charge in [-0.05, 0) is 19.1 Å². The van der Waals surface area contributed by atoms with E-state index in [1.165, 1.54) is 28.8 Å². The second-order valence-corrected chi connectivity index (χ2v) is 8.91. The van der Waals surface area contributed by atoms with E-state index in [1.54, 1.807) is 6.92 Å². The Morgan fingerprint density at radius 1 is 1.24 bits per heavy atom. The van der Waals surface area contributed by atoms with Crippen molar-refractivity contribution in [1.29, 1.82) is 0 Å². The molecule has 9 heteroatoms. The molecule has 0 bridgehead atoms. The highest BCUT2D eigenvalue weighted by atomic mass is 32.2. The summed E-state index contributed by atoms with van der Waals surface area (Å²) < 4.78 is 27.4. The number of aryl methyl sites for hydroxylation is 1. The predicted octanol–water partition coefficient (Wildman–Crippen LogP) is 0.741. The quantitative estimate of drug-likeness (QED) is 0.847. The summed E-state index contributed by atoms with van der Waals surface area (Å²) in [5.41, 5.74) is 0. The SMILES string of the molecule is CNC(=O)c1cc(S(=O)(=O)N2CCN(c3cccc[nH+]3)CC2)c(C)s1. The van der Waals surface area contributed by atoms with E-state index in [9.17, 15) is 13.2 Å². The molecule has 7 nitrogen and oxygen atoms in total. The molecular weight excluding hydrogens is 360 g/mol. The van der Waals surface area contributed by atoms with E-state index < -0.39 is 10.0 Å². The van der Waals surface area contributed by atoms with Gasteiger partial charge in [0.2, 0.25) is 10.0 Å². The number of sulfonamides is 1. The molecule has 3 rings (SSSR count). The van der Waals surface area contributed by atoms with Crippen LogP contribution >= 0.6 is 11.3 Å². The topological polar surface area (TPSA) is 83.9 Å². The smallest absolute Gasteiger partial charge is 0.274 e. The third-order valence-electron chi connectivity index (χ3n) is 4.21. The second kappa shape index (κ2) is 7.11. The van der Waals surface area contributed by atoms with E-state index in [0.29, 0.717) is 35.9 Å². The summed E-state index contributed by atoms with van der Waals surface area (Å²) in [5, 5.41) is 2.53. The number of aromatic nitrogens is 1. The summed E-state index contributed by atoms with van der Waals surface area (Å²) in [6, 6.07) is 7.31. The van der Waals surface area contributed by atoms with Gasteiger partial charge in [-0.3, -0.25) is 9.69 Å². The maximum atomic E-state index is 13.0. The lowest BCUT2D eigenvalue weighted by atomic mass is 10.3. The van der Waals surface area contributed by atoms with Crippen LogP contribution in [0.4, 0.5) is 5.82 Å². The lowest BCUT2D eigenvalue weighted by molar-refractivity contribution is -0.364. The lowest BCUT2D eigenvalue weighted by Gasteiger charge is -2.30. The van der Waals surface area contributed by atoms with Crippen LogP contribution in [0.15, 0.2) is 35.4 Å². The molecule has 0 spiro atoms. The van der Waals surface area contributed by atoms with Crippen LogP contribution in [-0.4, -0.2) is 51.9 Å². The largest absolute Gasteiger partial charge is 0.354 e. The highest BCUT2D eigenvalue weighted by Crippen LogP contribution is 2.29. The maximum Gasteiger partial charge on any atom is 0.274 e. The van der Waals surface area contributed by atoms with E-state index in [-0.39, 0.29) is 10.8 Å². The molecule has 1 fully saturated rings. The number of nitrogens with zero attached hydrogens (tertiary/aromatic N) is 2. The minimum atomic E-state index is -3.59. The number of H-pyrrole nitrogens is 1. The molecule has 134 valence electrons. The number of amides is 1. The van der Waals surface area contributed by atoms with E-state index in [1.807, 2.05) is 24.4 Å². The van der Waals surface area contributed by atoms with Crippen LogP contribution in [0.3, 0.4) is 0 Å². The van der Waals surface area contributed by atoms with Crippen LogP contribution in [0.1, 0.15) is 14.5 Å². The van der Waals surface area contributed by atoms with Crippen LogP contribution in [0.5, 0.6) is 0 Å². The Morgan fingerprint density at radius 3 is 2.56 bits per heavy atom. The van der Waals surface area contributed by atoms with Crippen LogP contribution in [0, 0.1) is 6.92 Å². The Kier molecular flexibility index (Phi) is 5.07. The molecule has 0 radical (unpaired) electrons. The molecule has 25 heavy (non-hydrogen) atoms. The van der Waals surface area contributed by atoms with Gasteiger partial charge in [0.25, 0.3) is 11.7 Å². The molecule has 0 atom stereocenters. The average molecular weight is 382 g/mol. The van der Waals surface area contributed by atoms with Gasteiger partial charge in [-0.2, -0.15) is 4.31 Å². The number of carbonyl (C=O) groups excluding carboxylic acids is 1. The molecule has 0 aromatic carbocycles. The summed E-state index contributed by atoms with van der Waals surface area (Å²) >= 11 is 1.20. The predicted molar refractivity (Wildman–Crippen MR) is 96.4 cm³/mol. The Labute approximate surface area is 151 Å². The normalized spacial score (nSPS) is 16.0. The molecule has 0 aliphatic carbocycles. The van der Waals surface area contributed by atoms with Gasteiger partial charge < -0.3 is 5.32 Å². The van der Waals surface area contributed by atoms with Gasteiger partial charge in [0.1, 0.15) is 0 Å². The number of rotatable bonds is 4. The number of hydrogen-bond donors (Lipinski definition) is 1. The first kappa shape index (κ1) is 17.8. The van der Waals surface area contributed by atoms with Gasteiger partial charge in [0, 0.05) is 18.0 Å². The molecule has 0 unspecified atom stereocenters. The van der Waals surface area contributed by atoms with Crippen LogP contribution in [0.25, 0.3) is 0 Å². The summed E-state index contributed by atoms with van der Waals surface area (Å²) in [6.07, 6.45) is 1.85. The van der Waals surface area contributed by atoms with Crippen molar-refractivity contribution in [2.75, 3.05) is 38.1 Å². The number of nitrogens with one attached hydrogen (secondary N) is 2. The molecule has 3 heterocycles. The number of aromatic amines is 1. The number of anilines is 1. The van der Waals surface area contributed by atoms with Gasteiger partial charge in [-0.25, -0.2) is 13.4 Å². The Bertz CT molecular complexity index is 857. The van der Waals surface area contributed by atoms with Crippen molar-refractivity contribution < 1.29 is 18.2 Å². The molecule has 1 aliphatic heterocycles. The van der Waals surface area contributed by atoms with Gasteiger partial charge in [-0.1, -0.05) is 6.07 Å². The zero-order valence-electron chi connectivity index (χ0n) is 14.2. The monoisotopic (exact) mass is 381 g/mol. The van der Waals surface area contributed by atoms with Crippen LogP contribution < -0.4 is 15.2 Å². The average Bonchev–Trinajstić information content (AvgIpc) is 3.04. The van der Waals surface area contributed by atoms with Crippen molar-refractivity contribution in [3.05, 3.63) is 40.2 Å². The molecule has 1 amide bonds. The zero-order chi connectivity index (χ0) is 18.0. The second-order valence-electron chi connectivity index (χ2n) is 5.75. The molecule has 1 saturated heterocycles. The molecule has 1 aliphatic rings. The highest BCUT2D eigenvalue weighted by Gasteiger charge is 2.33. The Hall–Kier alpha value is -1.97. The fourth-order valence-corrected chi connectivity index (χ4v) is 5.77. The van der Waals surface area contributed by atoms with Gasteiger partial charge in [-0.15, -0.1) is 11.3 Å². The number of thiophene rings is 1. The van der Waals surface area contributed by atoms with Crippen molar-refractivity contribution in [2.45, 2.75) is 11.8 Å². The minimum Gasteiger partial charge on any atom is -0.354 e. The fourth-order valence-electron chi connectivity index (χ4n) is 2.85. The Morgan fingerprint density at radius 2 is 1.96 bits per heavy atom. The van der Waals surface area contributed by atoms with E-state index in [4.69, 9.17) is 0 Å². The first-order valence-corrected chi connectivity index (χ1v) is 10.2. The van der Waals surface area contributed by atoms with Gasteiger partial charge in [0.15, 0.2) is 0 Å². The minimum absolute atomic E-state index is 0.232. The van der Waals surface area contributed by atoms with E-state index >= 15 is 0 Å². The molecule has 2 aromatic rings. The van der Waals surface area contributed by atoms with Crippen LogP contribution in [-0.2, 0) is 10.0 Å². The molecule has 2 N–H and O–H groups in total. The number of piperazine rings is 1. The lowest BCUT2D eigenvalue weighted by Crippen LogP contribution is -2.49. The van der Waals surface area contributed by atoms with Gasteiger partial charge >= 0.3 is 0 Å². The summed E-state index contributed by atoms with van der Waals surface area (Å²) in [4.78, 5) is 18.3.